The summed E-state index contributed by atoms with van der Waals surface area (Å²) in [6, 6.07) is 9.70. The van der Waals surface area contributed by atoms with Crippen LogP contribution in [0.2, 0.25) is 0 Å². The van der Waals surface area contributed by atoms with Gasteiger partial charge >= 0.3 is 5.76 Å². The number of benzene rings is 1. The minimum absolute atomic E-state index is 0.147. The number of aliphatic hydroxyl groups is 1. The largest absolute Gasteiger partial charge is 0.441 e. The Balaban J connectivity index is 1.66. The lowest BCUT2D eigenvalue weighted by molar-refractivity contribution is 0.0111. The summed E-state index contributed by atoms with van der Waals surface area (Å²) in [5.41, 5.74) is 0.994. The Hall–Kier alpha value is -2.22. The SMILES string of the molecule is O=c1onc(C=Cc2ccccc2)n1CC(O)CN1CCOCC1. The van der Waals surface area contributed by atoms with Crippen LogP contribution in [0.25, 0.3) is 12.2 Å². The standard InChI is InChI=1S/C17H21N3O4/c21-15(12-19-8-10-23-11-9-19)13-20-16(18-24-17(20)22)7-6-14-4-2-1-3-5-14/h1-7,15,21H,8-13H2. The van der Waals surface area contributed by atoms with Crippen LogP contribution in [-0.4, -0.2) is 58.7 Å². The van der Waals surface area contributed by atoms with Crippen molar-refractivity contribution in [1.82, 2.24) is 14.6 Å². The van der Waals surface area contributed by atoms with Crippen LogP contribution in [0.15, 0.2) is 39.6 Å². The topological polar surface area (TPSA) is 80.7 Å². The van der Waals surface area contributed by atoms with Gasteiger partial charge in [0.2, 0.25) is 0 Å². The molecule has 1 N–H and O–H groups in total. The Morgan fingerprint density at radius 2 is 1.92 bits per heavy atom. The second kappa shape index (κ2) is 8.05. The molecule has 1 fully saturated rings. The monoisotopic (exact) mass is 331 g/mol. The lowest BCUT2D eigenvalue weighted by Crippen LogP contribution is -2.42. The predicted molar refractivity (Wildman–Crippen MR) is 89.4 cm³/mol. The van der Waals surface area contributed by atoms with Crippen molar-refractivity contribution in [3.63, 3.8) is 0 Å². The summed E-state index contributed by atoms with van der Waals surface area (Å²) in [6.45, 7) is 3.56. The van der Waals surface area contributed by atoms with Gasteiger partial charge in [-0.1, -0.05) is 41.6 Å². The van der Waals surface area contributed by atoms with Crippen LogP contribution in [-0.2, 0) is 11.3 Å². The maximum absolute atomic E-state index is 11.8. The molecule has 1 aliphatic rings. The van der Waals surface area contributed by atoms with Crippen molar-refractivity contribution in [2.45, 2.75) is 12.6 Å². The molecular formula is C17H21N3O4. The third-order valence-corrected chi connectivity index (χ3v) is 3.90. The van der Waals surface area contributed by atoms with E-state index in [1.165, 1.54) is 4.57 Å². The first kappa shape index (κ1) is 16.6. The molecule has 2 aromatic rings. The molecule has 0 spiro atoms. The molecule has 128 valence electrons. The predicted octanol–water partition coefficient (Wildman–Crippen LogP) is 0.700. The number of morpholine rings is 1. The van der Waals surface area contributed by atoms with E-state index in [0.29, 0.717) is 25.6 Å². The molecule has 3 rings (SSSR count). The molecule has 1 atom stereocenters. The van der Waals surface area contributed by atoms with Crippen molar-refractivity contribution in [2.24, 2.45) is 0 Å². The van der Waals surface area contributed by atoms with E-state index in [9.17, 15) is 9.90 Å². The summed E-state index contributed by atoms with van der Waals surface area (Å²) in [5.74, 6) is -0.173. The highest BCUT2D eigenvalue weighted by atomic mass is 16.5. The van der Waals surface area contributed by atoms with E-state index in [2.05, 4.69) is 10.1 Å². The van der Waals surface area contributed by atoms with Crippen LogP contribution in [0.5, 0.6) is 0 Å². The van der Waals surface area contributed by atoms with Crippen molar-refractivity contribution < 1.29 is 14.4 Å². The van der Waals surface area contributed by atoms with Gasteiger partial charge in [0.1, 0.15) is 0 Å². The minimum Gasteiger partial charge on any atom is -0.390 e. The van der Waals surface area contributed by atoms with Crippen LogP contribution in [0.1, 0.15) is 11.4 Å². The number of ether oxygens (including phenoxy) is 1. The molecule has 1 saturated heterocycles. The Labute approximate surface area is 139 Å². The van der Waals surface area contributed by atoms with Gasteiger partial charge in [-0.15, -0.1) is 0 Å². The number of aromatic nitrogens is 2. The Morgan fingerprint density at radius 3 is 2.67 bits per heavy atom. The second-order valence-electron chi connectivity index (χ2n) is 5.73. The molecule has 1 aromatic carbocycles. The van der Waals surface area contributed by atoms with Gasteiger partial charge in [-0.25, -0.2) is 4.79 Å². The van der Waals surface area contributed by atoms with E-state index < -0.39 is 11.9 Å². The first-order chi connectivity index (χ1) is 11.7. The zero-order valence-corrected chi connectivity index (χ0v) is 13.4. The van der Waals surface area contributed by atoms with E-state index in [0.717, 1.165) is 18.7 Å². The van der Waals surface area contributed by atoms with Crippen molar-refractivity contribution in [2.75, 3.05) is 32.8 Å². The van der Waals surface area contributed by atoms with Crippen LogP contribution in [0.3, 0.4) is 0 Å². The molecule has 0 radical (unpaired) electrons. The van der Waals surface area contributed by atoms with E-state index in [4.69, 9.17) is 9.26 Å². The summed E-state index contributed by atoms with van der Waals surface area (Å²) < 4.78 is 11.4. The first-order valence-corrected chi connectivity index (χ1v) is 8.00. The molecule has 0 saturated carbocycles. The fourth-order valence-corrected chi connectivity index (χ4v) is 2.65. The molecule has 1 aliphatic heterocycles. The molecule has 1 unspecified atom stereocenters. The average molecular weight is 331 g/mol. The number of β-amino-alcohol motifs (C(OH)–C–C–N with tert-alkyl or cyclic N) is 1. The van der Waals surface area contributed by atoms with Gasteiger partial charge in [0, 0.05) is 19.6 Å². The molecule has 2 heterocycles. The molecule has 1 aromatic heterocycles. The van der Waals surface area contributed by atoms with Gasteiger partial charge in [-0.05, 0) is 11.6 Å². The highest BCUT2D eigenvalue weighted by Crippen LogP contribution is 2.07. The highest BCUT2D eigenvalue weighted by Gasteiger charge is 2.18. The molecule has 0 amide bonds. The summed E-state index contributed by atoms with van der Waals surface area (Å²) in [5, 5.41) is 14.0. The Bertz CT molecular complexity index is 717. The summed E-state index contributed by atoms with van der Waals surface area (Å²) in [7, 11) is 0. The van der Waals surface area contributed by atoms with Gasteiger partial charge in [-0.2, -0.15) is 0 Å². The van der Waals surface area contributed by atoms with Gasteiger partial charge in [-0.3, -0.25) is 14.0 Å². The third-order valence-electron chi connectivity index (χ3n) is 3.90. The van der Waals surface area contributed by atoms with Gasteiger partial charge in [0.25, 0.3) is 0 Å². The van der Waals surface area contributed by atoms with Crippen LogP contribution in [0, 0.1) is 0 Å². The molecule has 7 nitrogen and oxygen atoms in total. The Kier molecular flexibility index (Phi) is 5.58. The van der Waals surface area contributed by atoms with Gasteiger partial charge in [0.15, 0.2) is 5.82 Å². The van der Waals surface area contributed by atoms with Gasteiger partial charge in [0.05, 0.1) is 25.9 Å². The fourth-order valence-electron chi connectivity index (χ4n) is 2.65. The summed E-state index contributed by atoms with van der Waals surface area (Å²) in [4.78, 5) is 14.0. The first-order valence-electron chi connectivity index (χ1n) is 8.00. The van der Waals surface area contributed by atoms with Crippen LogP contribution >= 0.6 is 0 Å². The zero-order valence-electron chi connectivity index (χ0n) is 13.4. The smallest absolute Gasteiger partial charge is 0.390 e. The minimum atomic E-state index is -0.677. The van der Waals surface area contributed by atoms with Crippen LogP contribution < -0.4 is 5.76 Å². The number of hydrogen-bond donors (Lipinski definition) is 1. The molecular weight excluding hydrogens is 310 g/mol. The molecule has 24 heavy (non-hydrogen) atoms. The van der Waals surface area contributed by atoms with Crippen molar-refractivity contribution in [3.05, 3.63) is 52.3 Å². The quantitative estimate of drug-likeness (QED) is 0.839. The number of nitrogens with zero attached hydrogens (tertiary/aromatic N) is 3. The fraction of sp³-hybridized carbons (Fsp3) is 0.412. The lowest BCUT2D eigenvalue weighted by atomic mass is 10.2. The zero-order chi connectivity index (χ0) is 16.8. The molecule has 0 bridgehead atoms. The maximum Gasteiger partial charge on any atom is 0.441 e. The van der Waals surface area contributed by atoms with E-state index in [1.54, 1.807) is 6.08 Å². The number of rotatable bonds is 6. The average Bonchev–Trinajstić information content (AvgIpc) is 2.95. The third kappa shape index (κ3) is 4.41. The van der Waals surface area contributed by atoms with Crippen molar-refractivity contribution >= 4 is 12.2 Å². The normalized spacial score (nSPS) is 17.4. The van der Waals surface area contributed by atoms with E-state index >= 15 is 0 Å². The highest BCUT2D eigenvalue weighted by molar-refractivity contribution is 5.66. The number of aliphatic hydroxyl groups excluding tert-OH is 1. The second-order valence-corrected chi connectivity index (χ2v) is 5.73. The lowest BCUT2D eigenvalue weighted by Gasteiger charge is -2.28. The Morgan fingerprint density at radius 1 is 1.17 bits per heavy atom. The van der Waals surface area contributed by atoms with Crippen LogP contribution in [0.4, 0.5) is 0 Å². The molecule has 7 heteroatoms. The van der Waals surface area contributed by atoms with Crippen molar-refractivity contribution in [1.29, 1.82) is 0 Å². The molecule has 0 aliphatic carbocycles. The van der Waals surface area contributed by atoms with E-state index in [-0.39, 0.29) is 6.54 Å². The van der Waals surface area contributed by atoms with Crippen molar-refractivity contribution in [3.8, 4) is 0 Å². The number of hydrogen-bond acceptors (Lipinski definition) is 6. The van der Waals surface area contributed by atoms with E-state index in [1.807, 2.05) is 36.4 Å². The van der Waals surface area contributed by atoms with Gasteiger partial charge < -0.3 is 9.84 Å². The maximum atomic E-state index is 11.8. The summed E-state index contributed by atoms with van der Waals surface area (Å²) in [6.07, 6.45) is 2.88. The summed E-state index contributed by atoms with van der Waals surface area (Å²) >= 11 is 0.